The minimum absolute atomic E-state index is 0.104. The number of likely N-dealkylation sites (N-methyl/N-ethyl adjacent to an activating group) is 1. The van der Waals surface area contributed by atoms with E-state index in [4.69, 9.17) is 17.3 Å². The maximum Gasteiger partial charge on any atom is 0.252 e. The Labute approximate surface area is 172 Å². The van der Waals surface area contributed by atoms with Gasteiger partial charge in [-0.3, -0.25) is 9.59 Å². The molecular formula is C18H20ClN3O4S2. The molecule has 28 heavy (non-hydrogen) atoms. The van der Waals surface area contributed by atoms with Crippen molar-refractivity contribution in [3.63, 3.8) is 0 Å². The zero-order valence-electron chi connectivity index (χ0n) is 15.2. The standard InChI is InChI=1S/C18H20ClN3O4S2/c1-21(28(25,26)17-9-8-15(19)27-17)11-16(23)22(14-6-7-14)10-12-2-4-13(5-3-12)18(20)24/h2-5,8-9,14H,6-7,10-11H2,1H3,(H2,20,24). The molecule has 0 unspecified atom stereocenters. The van der Waals surface area contributed by atoms with E-state index in [0.717, 1.165) is 34.0 Å². The topological polar surface area (TPSA) is 101 Å². The Bertz CT molecular complexity index is 985. The molecule has 0 saturated heterocycles. The van der Waals surface area contributed by atoms with E-state index in [0.29, 0.717) is 16.4 Å². The van der Waals surface area contributed by atoms with Gasteiger partial charge in [0.25, 0.3) is 10.0 Å². The van der Waals surface area contributed by atoms with Crippen molar-refractivity contribution < 1.29 is 18.0 Å². The molecule has 2 N–H and O–H groups in total. The second kappa shape index (κ2) is 8.20. The summed E-state index contributed by atoms with van der Waals surface area (Å²) in [6, 6.07) is 9.78. The van der Waals surface area contributed by atoms with Crippen LogP contribution in [-0.2, 0) is 21.4 Å². The summed E-state index contributed by atoms with van der Waals surface area (Å²) in [7, 11) is -2.39. The van der Waals surface area contributed by atoms with Crippen molar-refractivity contribution >= 4 is 44.8 Å². The van der Waals surface area contributed by atoms with E-state index in [1.54, 1.807) is 29.2 Å². The zero-order valence-corrected chi connectivity index (χ0v) is 17.6. The first-order chi connectivity index (χ1) is 13.2. The van der Waals surface area contributed by atoms with Gasteiger partial charge in [-0.15, -0.1) is 11.3 Å². The number of primary amides is 1. The minimum atomic E-state index is -3.77. The molecule has 2 amide bonds. The largest absolute Gasteiger partial charge is 0.366 e. The molecule has 0 radical (unpaired) electrons. The summed E-state index contributed by atoms with van der Waals surface area (Å²) in [6.45, 7) is 0.0922. The second-order valence-corrected chi connectivity index (χ2v) is 10.6. The number of sulfonamides is 1. The highest BCUT2D eigenvalue weighted by molar-refractivity contribution is 7.91. The average Bonchev–Trinajstić information content (AvgIpc) is 3.39. The van der Waals surface area contributed by atoms with Crippen LogP contribution in [0, 0.1) is 0 Å². The van der Waals surface area contributed by atoms with Crippen molar-refractivity contribution in [3.05, 3.63) is 51.9 Å². The lowest BCUT2D eigenvalue weighted by Crippen LogP contribution is -2.41. The van der Waals surface area contributed by atoms with Gasteiger partial charge in [-0.1, -0.05) is 23.7 Å². The first-order valence-corrected chi connectivity index (χ1v) is 11.2. The van der Waals surface area contributed by atoms with E-state index in [9.17, 15) is 18.0 Å². The van der Waals surface area contributed by atoms with Crippen LogP contribution in [0.3, 0.4) is 0 Å². The van der Waals surface area contributed by atoms with Gasteiger partial charge in [0.1, 0.15) is 4.21 Å². The van der Waals surface area contributed by atoms with Crippen molar-refractivity contribution in [1.82, 2.24) is 9.21 Å². The molecule has 7 nitrogen and oxygen atoms in total. The summed E-state index contributed by atoms with van der Waals surface area (Å²) in [5.41, 5.74) is 6.49. The molecule has 0 bridgehead atoms. The summed E-state index contributed by atoms with van der Waals surface area (Å²) in [5.74, 6) is -0.780. The second-order valence-electron chi connectivity index (χ2n) is 6.63. The van der Waals surface area contributed by atoms with Crippen molar-refractivity contribution in [2.75, 3.05) is 13.6 Å². The molecule has 1 aliphatic rings. The van der Waals surface area contributed by atoms with Crippen LogP contribution >= 0.6 is 22.9 Å². The minimum Gasteiger partial charge on any atom is -0.366 e. The van der Waals surface area contributed by atoms with E-state index >= 15 is 0 Å². The fourth-order valence-corrected chi connectivity index (χ4v) is 5.55. The first-order valence-electron chi connectivity index (χ1n) is 8.58. The van der Waals surface area contributed by atoms with Crippen molar-refractivity contribution in [1.29, 1.82) is 0 Å². The summed E-state index contributed by atoms with van der Waals surface area (Å²) < 4.78 is 26.7. The maximum atomic E-state index is 12.8. The highest BCUT2D eigenvalue weighted by Gasteiger charge is 2.34. The number of hydrogen-bond donors (Lipinski definition) is 1. The van der Waals surface area contributed by atoms with E-state index in [-0.39, 0.29) is 22.7 Å². The number of benzene rings is 1. The van der Waals surface area contributed by atoms with E-state index in [2.05, 4.69) is 0 Å². The number of nitrogens with two attached hydrogens (primary N) is 1. The lowest BCUT2D eigenvalue weighted by molar-refractivity contribution is -0.132. The summed E-state index contributed by atoms with van der Waals surface area (Å²) >= 11 is 6.79. The van der Waals surface area contributed by atoms with Gasteiger partial charge in [-0.2, -0.15) is 4.31 Å². The zero-order chi connectivity index (χ0) is 20.5. The van der Waals surface area contributed by atoms with Crippen molar-refractivity contribution in [2.45, 2.75) is 29.6 Å². The first kappa shape index (κ1) is 20.8. The van der Waals surface area contributed by atoms with Crippen molar-refractivity contribution in [3.8, 4) is 0 Å². The highest BCUT2D eigenvalue weighted by Crippen LogP contribution is 2.30. The Hall–Kier alpha value is -1.94. The fraction of sp³-hybridized carbons (Fsp3) is 0.333. The summed E-state index contributed by atoms with van der Waals surface area (Å²) in [5, 5.41) is 0. The molecule has 10 heteroatoms. The van der Waals surface area contributed by atoms with Crippen LogP contribution in [0.5, 0.6) is 0 Å². The smallest absolute Gasteiger partial charge is 0.252 e. The molecule has 2 aromatic rings. The molecule has 1 aliphatic carbocycles. The van der Waals surface area contributed by atoms with Crippen LogP contribution in [0.4, 0.5) is 0 Å². The Balaban J connectivity index is 1.70. The third-order valence-corrected chi connectivity index (χ3v) is 7.97. The number of carbonyl (C=O) groups is 2. The predicted molar refractivity (Wildman–Crippen MR) is 108 cm³/mol. The van der Waals surface area contributed by atoms with Gasteiger partial charge >= 0.3 is 0 Å². The molecule has 1 aromatic heterocycles. The van der Waals surface area contributed by atoms with Gasteiger partial charge in [0.15, 0.2) is 0 Å². The monoisotopic (exact) mass is 441 g/mol. The third-order valence-electron chi connectivity index (χ3n) is 4.47. The van der Waals surface area contributed by atoms with Gasteiger partial charge in [0.2, 0.25) is 11.8 Å². The fourth-order valence-electron chi connectivity index (χ4n) is 2.73. The maximum absolute atomic E-state index is 12.8. The highest BCUT2D eigenvalue weighted by atomic mass is 35.5. The number of hydrogen-bond acceptors (Lipinski definition) is 5. The van der Waals surface area contributed by atoms with E-state index in [1.807, 2.05) is 0 Å². The Morgan fingerprint density at radius 1 is 1.18 bits per heavy atom. The predicted octanol–water partition coefficient (Wildman–Crippen LogP) is 2.31. The van der Waals surface area contributed by atoms with Gasteiger partial charge in [-0.05, 0) is 42.7 Å². The lowest BCUT2D eigenvalue weighted by Gasteiger charge is -2.25. The third kappa shape index (κ3) is 4.72. The number of thiophene rings is 1. The van der Waals surface area contributed by atoms with Crippen LogP contribution in [0.1, 0.15) is 28.8 Å². The number of halogens is 1. The number of rotatable bonds is 8. The molecule has 1 fully saturated rings. The van der Waals surface area contributed by atoms with E-state index in [1.165, 1.54) is 19.2 Å². The van der Waals surface area contributed by atoms with Crippen LogP contribution in [0.15, 0.2) is 40.6 Å². The SMILES string of the molecule is CN(CC(=O)N(Cc1ccc(C(N)=O)cc1)C1CC1)S(=O)(=O)c1ccc(Cl)s1. The van der Waals surface area contributed by atoms with Gasteiger partial charge in [0.05, 0.1) is 10.9 Å². The quantitative estimate of drug-likeness (QED) is 0.679. The average molecular weight is 442 g/mol. The molecular weight excluding hydrogens is 422 g/mol. The molecule has 0 aliphatic heterocycles. The van der Waals surface area contributed by atoms with Crippen LogP contribution < -0.4 is 5.73 Å². The molecule has 1 heterocycles. The molecule has 0 spiro atoms. The number of carbonyl (C=O) groups excluding carboxylic acids is 2. The molecule has 0 atom stereocenters. The molecule has 150 valence electrons. The molecule has 3 rings (SSSR count). The molecule has 1 saturated carbocycles. The summed E-state index contributed by atoms with van der Waals surface area (Å²) in [4.78, 5) is 25.7. The van der Waals surface area contributed by atoms with Gasteiger partial charge < -0.3 is 10.6 Å². The number of amides is 2. The van der Waals surface area contributed by atoms with Crippen LogP contribution in [-0.4, -0.2) is 49.1 Å². The van der Waals surface area contributed by atoms with Gasteiger partial charge in [-0.25, -0.2) is 8.42 Å². The van der Waals surface area contributed by atoms with Crippen LogP contribution in [0.25, 0.3) is 0 Å². The number of nitrogens with zero attached hydrogens (tertiary/aromatic N) is 2. The Morgan fingerprint density at radius 2 is 1.82 bits per heavy atom. The van der Waals surface area contributed by atoms with Crippen LogP contribution in [0.2, 0.25) is 4.34 Å². The van der Waals surface area contributed by atoms with Gasteiger partial charge in [0, 0.05) is 25.2 Å². The molecule has 1 aromatic carbocycles. The van der Waals surface area contributed by atoms with E-state index < -0.39 is 15.9 Å². The Kier molecular flexibility index (Phi) is 6.09. The summed E-state index contributed by atoms with van der Waals surface area (Å²) in [6.07, 6.45) is 1.78. The lowest BCUT2D eigenvalue weighted by atomic mass is 10.1. The normalized spacial score (nSPS) is 14.2. The van der Waals surface area contributed by atoms with Crippen molar-refractivity contribution in [2.24, 2.45) is 5.73 Å². The Morgan fingerprint density at radius 3 is 2.32 bits per heavy atom.